The fraction of sp³-hybridized carbons (Fsp3) is 0.160. The Balaban J connectivity index is 1.94. The topological polar surface area (TPSA) is 98.2 Å². The molecule has 0 bridgehead atoms. The summed E-state index contributed by atoms with van der Waals surface area (Å²) in [5.41, 5.74) is 0.871. The largest absolute Gasteiger partial charge is 0.507 e. The highest BCUT2D eigenvalue weighted by Gasteiger charge is 2.47. The van der Waals surface area contributed by atoms with Gasteiger partial charge >= 0.3 is 5.91 Å². The number of aliphatic hydroxyl groups is 1. The van der Waals surface area contributed by atoms with E-state index in [1.807, 2.05) is 0 Å². The van der Waals surface area contributed by atoms with Crippen molar-refractivity contribution in [3.63, 3.8) is 0 Å². The number of rotatable bonds is 6. The molecule has 8 nitrogen and oxygen atoms in total. The number of anilines is 1. The van der Waals surface area contributed by atoms with Gasteiger partial charge in [0.2, 0.25) is 0 Å². The molecule has 1 fully saturated rings. The lowest BCUT2D eigenvalue weighted by Crippen LogP contribution is -2.30. The number of hydrogen-bond acceptors (Lipinski definition) is 7. The van der Waals surface area contributed by atoms with Crippen molar-refractivity contribution in [1.82, 2.24) is 4.98 Å². The summed E-state index contributed by atoms with van der Waals surface area (Å²) in [6, 6.07) is 15.8. The van der Waals surface area contributed by atoms with E-state index >= 15 is 0 Å². The Morgan fingerprint density at radius 2 is 1.64 bits per heavy atom. The number of carbonyl (C=O) groups is 2. The summed E-state index contributed by atoms with van der Waals surface area (Å²) in [6.45, 7) is 0. The van der Waals surface area contributed by atoms with Gasteiger partial charge in [0.1, 0.15) is 17.3 Å². The standard InChI is InChI=1S/C25H22N2O6/c1-31-17-10-7-15(8-11-17)23(28)21-22(16-9-12-18(32-2)19(14-16)33-3)27(25(30)24(21)29)20-6-4-5-13-26-20/h4-14,22,28H,1-3H3. The number of carbonyl (C=O) groups excluding carboxylic acids is 2. The van der Waals surface area contributed by atoms with Crippen LogP contribution in [0.25, 0.3) is 5.76 Å². The van der Waals surface area contributed by atoms with Crippen molar-refractivity contribution in [2.75, 3.05) is 26.2 Å². The second kappa shape index (κ2) is 9.04. The number of aliphatic hydroxyl groups excluding tert-OH is 1. The second-order valence-corrected chi connectivity index (χ2v) is 7.20. The molecule has 1 aliphatic rings. The first-order valence-electron chi connectivity index (χ1n) is 10.1. The fourth-order valence-corrected chi connectivity index (χ4v) is 3.81. The smallest absolute Gasteiger partial charge is 0.301 e. The van der Waals surface area contributed by atoms with E-state index in [2.05, 4.69) is 4.98 Å². The summed E-state index contributed by atoms with van der Waals surface area (Å²) in [5, 5.41) is 11.2. The van der Waals surface area contributed by atoms with Crippen LogP contribution >= 0.6 is 0 Å². The van der Waals surface area contributed by atoms with Gasteiger partial charge in [-0.05, 0) is 54.1 Å². The molecule has 0 saturated carbocycles. The van der Waals surface area contributed by atoms with E-state index in [0.717, 1.165) is 0 Å². The zero-order chi connectivity index (χ0) is 23.5. The minimum absolute atomic E-state index is 0.0527. The molecule has 1 aromatic heterocycles. The molecule has 0 spiro atoms. The Morgan fingerprint density at radius 1 is 0.909 bits per heavy atom. The van der Waals surface area contributed by atoms with Gasteiger partial charge in [0.25, 0.3) is 5.78 Å². The van der Waals surface area contributed by atoms with Crippen molar-refractivity contribution in [2.45, 2.75) is 6.04 Å². The first-order chi connectivity index (χ1) is 16.0. The Labute approximate surface area is 190 Å². The number of amides is 1. The molecule has 1 saturated heterocycles. The normalized spacial score (nSPS) is 17.2. The molecule has 1 N–H and O–H groups in total. The van der Waals surface area contributed by atoms with Crippen molar-refractivity contribution in [1.29, 1.82) is 0 Å². The molecule has 1 atom stereocenters. The van der Waals surface area contributed by atoms with Gasteiger partial charge in [-0.2, -0.15) is 0 Å². The van der Waals surface area contributed by atoms with Gasteiger partial charge in [0, 0.05) is 11.8 Å². The molecular weight excluding hydrogens is 424 g/mol. The van der Waals surface area contributed by atoms with Crippen LogP contribution in [0.2, 0.25) is 0 Å². The lowest BCUT2D eigenvalue weighted by atomic mass is 9.95. The predicted molar refractivity (Wildman–Crippen MR) is 122 cm³/mol. The molecular formula is C25H22N2O6. The van der Waals surface area contributed by atoms with Gasteiger partial charge in [-0.1, -0.05) is 12.1 Å². The Kier molecular flexibility index (Phi) is 5.99. The molecule has 0 radical (unpaired) electrons. The molecule has 1 unspecified atom stereocenters. The molecule has 8 heteroatoms. The van der Waals surface area contributed by atoms with Crippen molar-refractivity contribution < 1.29 is 28.9 Å². The van der Waals surface area contributed by atoms with Crippen LogP contribution in [-0.2, 0) is 9.59 Å². The van der Waals surface area contributed by atoms with Crippen LogP contribution in [0.4, 0.5) is 5.82 Å². The average molecular weight is 446 g/mol. The zero-order valence-corrected chi connectivity index (χ0v) is 18.3. The Hall–Kier alpha value is -4.33. The van der Waals surface area contributed by atoms with Crippen LogP contribution in [0.3, 0.4) is 0 Å². The van der Waals surface area contributed by atoms with E-state index in [4.69, 9.17) is 14.2 Å². The molecule has 168 valence electrons. The van der Waals surface area contributed by atoms with E-state index in [0.29, 0.717) is 28.4 Å². The average Bonchev–Trinajstić information content (AvgIpc) is 3.13. The van der Waals surface area contributed by atoms with Crippen molar-refractivity contribution in [3.05, 3.63) is 83.6 Å². The van der Waals surface area contributed by atoms with Crippen LogP contribution in [0.5, 0.6) is 17.2 Å². The molecule has 3 aromatic rings. The van der Waals surface area contributed by atoms with Crippen LogP contribution in [-0.4, -0.2) is 43.1 Å². The van der Waals surface area contributed by atoms with E-state index in [1.165, 1.54) is 32.4 Å². The molecule has 2 heterocycles. The summed E-state index contributed by atoms with van der Waals surface area (Å²) in [4.78, 5) is 31.8. The number of aromatic nitrogens is 1. The maximum atomic E-state index is 13.2. The maximum Gasteiger partial charge on any atom is 0.301 e. The highest BCUT2D eigenvalue weighted by atomic mass is 16.5. The lowest BCUT2D eigenvalue weighted by Gasteiger charge is -2.25. The van der Waals surface area contributed by atoms with Gasteiger partial charge < -0.3 is 19.3 Å². The molecule has 2 aromatic carbocycles. The van der Waals surface area contributed by atoms with Gasteiger partial charge in [-0.3, -0.25) is 14.5 Å². The first kappa shape index (κ1) is 21.9. The molecule has 33 heavy (non-hydrogen) atoms. The SMILES string of the molecule is COc1ccc(C(O)=C2C(=O)C(=O)N(c3ccccn3)C2c2ccc(OC)c(OC)c2)cc1. The van der Waals surface area contributed by atoms with Crippen molar-refractivity contribution >= 4 is 23.3 Å². The third-order valence-corrected chi connectivity index (χ3v) is 5.43. The van der Waals surface area contributed by atoms with Gasteiger partial charge in [0.05, 0.1) is 32.9 Å². The number of pyridine rings is 1. The first-order valence-corrected chi connectivity index (χ1v) is 10.1. The highest BCUT2D eigenvalue weighted by Crippen LogP contribution is 2.43. The highest BCUT2D eigenvalue weighted by molar-refractivity contribution is 6.51. The predicted octanol–water partition coefficient (Wildman–Crippen LogP) is 3.73. The van der Waals surface area contributed by atoms with Gasteiger partial charge in [0.15, 0.2) is 11.5 Å². The van der Waals surface area contributed by atoms with E-state index in [-0.39, 0.29) is 17.2 Å². The summed E-state index contributed by atoms with van der Waals surface area (Å²) < 4.78 is 15.9. The van der Waals surface area contributed by atoms with E-state index in [1.54, 1.807) is 60.7 Å². The fourth-order valence-electron chi connectivity index (χ4n) is 3.81. The third-order valence-electron chi connectivity index (χ3n) is 5.43. The van der Waals surface area contributed by atoms with E-state index in [9.17, 15) is 14.7 Å². The Bertz CT molecular complexity index is 1220. The minimum Gasteiger partial charge on any atom is -0.507 e. The minimum atomic E-state index is -0.929. The Morgan fingerprint density at radius 3 is 2.24 bits per heavy atom. The number of benzene rings is 2. The van der Waals surface area contributed by atoms with Gasteiger partial charge in [-0.25, -0.2) is 4.98 Å². The summed E-state index contributed by atoms with van der Waals surface area (Å²) in [7, 11) is 4.54. The zero-order valence-electron chi connectivity index (χ0n) is 18.3. The second-order valence-electron chi connectivity index (χ2n) is 7.20. The number of ketones is 1. The van der Waals surface area contributed by atoms with Crippen LogP contribution in [0.1, 0.15) is 17.2 Å². The number of nitrogens with zero attached hydrogens (tertiary/aromatic N) is 2. The number of Topliss-reactive ketones (excluding diaryl/α,β-unsaturated/α-hetero) is 1. The number of hydrogen-bond donors (Lipinski definition) is 1. The van der Waals surface area contributed by atoms with Crippen LogP contribution in [0.15, 0.2) is 72.4 Å². The molecule has 0 aliphatic carbocycles. The van der Waals surface area contributed by atoms with Crippen molar-refractivity contribution in [3.8, 4) is 17.2 Å². The van der Waals surface area contributed by atoms with Gasteiger partial charge in [-0.15, -0.1) is 0 Å². The summed E-state index contributed by atoms with van der Waals surface area (Å²) in [5.74, 6) is -0.103. The molecule has 1 aliphatic heterocycles. The third kappa shape index (κ3) is 3.87. The summed E-state index contributed by atoms with van der Waals surface area (Å²) >= 11 is 0. The molecule has 4 rings (SSSR count). The van der Waals surface area contributed by atoms with Crippen LogP contribution in [0, 0.1) is 0 Å². The monoisotopic (exact) mass is 446 g/mol. The van der Waals surface area contributed by atoms with E-state index < -0.39 is 17.7 Å². The maximum absolute atomic E-state index is 13.2. The number of methoxy groups -OCH3 is 3. The molecule has 1 amide bonds. The lowest BCUT2D eigenvalue weighted by molar-refractivity contribution is -0.132. The van der Waals surface area contributed by atoms with Crippen molar-refractivity contribution in [2.24, 2.45) is 0 Å². The quantitative estimate of drug-likeness (QED) is 0.350. The van der Waals surface area contributed by atoms with Crippen LogP contribution < -0.4 is 19.1 Å². The summed E-state index contributed by atoms with van der Waals surface area (Å²) in [6.07, 6.45) is 1.53. The number of ether oxygens (including phenoxy) is 3.